The number of piperidine rings is 1. The average Bonchev–Trinajstić information content (AvgIpc) is 2.84. The van der Waals surface area contributed by atoms with Gasteiger partial charge in [-0.3, -0.25) is 9.59 Å². The number of aromatic nitrogens is 2. The van der Waals surface area contributed by atoms with Gasteiger partial charge >= 0.3 is 0 Å². The normalized spacial score (nSPS) is 19.5. The molecule has 2 aliphatic heterocycles. The molecular weight excluding hydrogens is 428 g/mol. The van der Waals surface area contributed by atoms with E-state index >= 15 is 0 Å². The fraction of sp³-hybridized carbons (Fsp3) is 0.556. The summed E-state index contributed by atoms with van der Waals surface area (Å²) in [6.45, 7) is 6.65. The molecule has 0 unspecified atom stereocenters. The molecule has 182 valence electrons. The van der Waals surface area contributed by atoms with Crippen molar-refractivity contribution >= 4 is 11.8 Å². The van der Waals surface area contributed by atoms with Crippen molar-refractivity contribution in [2.75, 3.05) is 40.4 Å². The smallest absolute Gasteiger partial charge is 0.272 e. The highest BCUT2D eigenvalue weighted by atomic mass is 16.5. The highest BCUT2D eigenvalue weighted by molar-refractivity contribution is 5.92. The predicted octanol–water partition coefficient (Wildman–Crippen LogP) is 3.41. The van der Waals surface area contributed by atoms with Crippen LogP contribution in [0.3, 0.4) is 0 Å². The molecule has 34 heavy (non-hydrogen) atoms. The largest absolute Gasteiger partial charge is 0.381 e. The summed E-state index contributed by atoms with van der Waals surface area (Å²) >= 11 is 0. The van der Waals surface area contributed by atoms with Crippen molar-refractivity contribution in [3.8, 4) is 0 Å². The molecule has 0 saturated carbocycles. The fourth-order valence-electron chi connectivity index (χ4n) is 5.15. The van der Waals surface area contributed by atoms with Gasteiger partial charge in [-0.05, 0) is 50.7 Å². The lowest BCUT2D eigenvalue weighted by Crippen LogP contribution is -2.52. The molecule has 7 heteroatoms. The van der Waals surface area contributed by atoms with Gasteiger partial charge in [0.1, 0.15) is 11.5 Å². The van der Waals surface area contributed by atoms with Gasteiger partial charge in [0, 0.05) is 51.5 Å². The van der Waals surface area contributed by atoms with Crippen LogP contribution in [0.1, 0.15) is 60.2 Å². The zero-order valence-electron chi connectivity index (χ0n) is 20.8. The Bertz CT molecular complexity index is 1020. The Morgan fingerprint density at radius 1 is 1.03 bits per heavy atom. The Balaban J connectivity index is 1.51. The van der Waals surface area contributed by atoms with E-state index in [1.807, 2.05) is 30.0 Å². The molecule has 2 fully saturated rings. The van der Waals surface area contributed by atoms with Crippen LogP contribution in [0.25, 0.3) is 0 Å². The molecule has 0 N–H and O–H groups in total. The second-order valence-corrected chi connectivity index (χ2v) is 10.3. The van der Waals surface area contributed by atoms with E-state index in [9.17, 15) is 9.59 Å². The zero-order valence-corrected chi connectivity index (χ0v) is 20.8. The Hall–Kier alpha value is -2.80. The molecule has 1 aromatic carbocycles. The summed E-state index contributed by atoms with van der Waals surface area (Å²) in [6, 6.07) is 12.1. The van der Waals surface area contributed by atoms with E-state index in [-0.39, 0.29) is 17.2 Å². The monoisotopic (exact) mass is 464 g/mol. The number of hydrogen-bond acceptors (Lipinski definition) is 5. The van der Waals surface area contributed by atoms with Crippen LogP contribution in [-0.2, 0) is 21.4 Å². The van der Waals surface area contributed by atoms with Gasteiger partial charge in [0.25, 0.3) is 5.91 Å². The van der Waals surface area contributed by atoms with Gasteiger partial charge in [0.05, 0.1) is 5.41 Å². The van der Waals surface area contributed by atoms with Crippen molar-refractivity contribution in [2.24, 2.45) is 5.41 Å². The zero-order chi connectivity index (χ0) is 24.3. The summed E-state index contributed by atoms with van der Waals surface area (Å²) in [7, 11) is 3.46. The van der Waals surface area contributed by atoms with E-state index in [2.05, 4.69) is 24.0 Å². The highest BCUT2D eigenvalue weighted by Crippen LogP contribution is 2.40. The first kappa shape index (κ1) is 24.3. The van der Waals surface area contributed by atoms with E-state index in [0.29, 0.717) is 37.8 Å². The first-order valence-corrected chi connectivity index (χ1v) is 12.2. The summed E-state index contributed by atoms with van der Waals surface area (Å²) in [5, 5.41) is 0. The molecule has 2 saturated heterocycles. The molecule has 1 aromatic heterocycles. The van der Waals surface area contributed by atoms with Gasteiger partial charge < -0.3 is 14.5 Å². The van der Waals surface area contributed by atoms with Gasteiger partial charge in [0.15, 0.2) is 0 Å². The van der Waals surface area contributed by atoms with E-state index in [1.165, 1.54) is 10.5 Å². The molecule has 2 aromatic rings. The lowest BCUT2D eigenvalue weighted by atomic mass is 9.72. The van der Waals surface area contributed by atoms with Crippen LogP contribution in [0.4, 0.5) is 0 Å². The van der Waals surface area contributed by atoms with Crippen molar-refractivity contribution < 1.29 is 14.3 Å². The lowest BCUT2D eigenvalue weighted by Gasteiger charge is -2.44. The lowest BCUT2D eigenvalue weighted by molar-refractivity contribution is -0.149. The number of likely N-dealkylation sites (tertiary alicyclic amines) is 1. The van der Waals surface area contributed by atoms with Crippen molar-refractivity contribution in [2.45, 2.75) is 51.4 Å². The van der Waals surface area contributed by atoms with E-state index < -0.39 is 5.41 Å². The molecule has 0 aliphatic carbocycles. The number of nitrogens with zero attached hydrogens (tertiary/aromatic N) is 4. The third kappa shape index (κ3) is 4.99. The van der Waals surface area contributed by atoms with Gasteiger partial charge in [-0.2, -0.15) is 0 Å². The third-order valence-electron chi connectivity index (χ3n) is 7.46. The molecule has 0 spiro atoms. The fourth-order valence-corrected chi connectivity index (χ4v) is 5.15. The number of rotatable bonds is 5. The quantitative estimate of drug-likeness (QED) is 0.678. The van der Waals surface area contributed by atoms with Crippen LogP contribution < -0.4 is 0 Å². The Kier molecular flexibility index (Phi) is 7.03. The molecule has 4 rings (SSSR count). The van der Waals surface area contributed by atoms with Crippen LogP contribution in [0.5, 0.6) is 0 Å². The molecule has 7 nitrogen and oxygen atoms in total. The molecule has 2 amide bonds. The Morgan fingerprint density at radius 3 is 2.29 bits per heavy atom. The third-order valence-corrected chi connectivity index (χ3v) is 7.46. The molecule has 0 bridgehead atoms. The van der Waals surface area contributed by atoms with Crippen LogP contribution >= 0.6 is 0 Å². The van der Waals surface area contributed by atoms with E-state index in [1.54, 1.807) is 20.2 Å². The SMILES string of the molecule is Cc1cc(C(=O)N(C)C)nc(C2(C)CCN(C(=O)C3(Cc4ccccc4)CCOCC3)CC2)n1. The number of hydrogen-bond donors (Lipinski definition) is 0. The maximum absolute atomic E-state index is 13.9. The second-order valence-electron chi connectivity index (χ2n) is 10.3. The number of benzene rings is 1. The topological polar surface area (TPSA) is 75.6 Å². The van der Waals surface area contributed by atoms with Crippen molar-refractivity contribution in [1.82, 2.24) is 19.8 Å². The summed E-state index contributed by atoms with van der Waals surface area (Å²) in [5.74, 6) is 0.829. The van der Waals surface area contributed by atoms with Gasteiger partial charge in [0.2, 0.25) is 5.91 Å². The molecular formula is C27H36N4O3. The molecule has 3 heterocycles. The van der Waals surface area contributed by atoms with Gasteiger partial charge in [-0.1, -0.05) is 37.3 Å². The first-order valence-electron chi connectivity index (χ1n) is 12.2. The van der Waals surface area contributed by atoms with Crippen LogP contribution in [0.15, 0.2) is 36.4 Å². The molecule has 0 radical (unpaired) electrons. The summed E-state index contributed by atoms with van der Waals surface area (Å²) in [5.41, 5.74) is 1.74. The van der Waals surface area contributed by atoms with E-state index in [0.717, 1.165) is 37.8 Å². The van der Waals surface area contributed by atoms with Crippen molar-refractivity contribution in [3.63, 3.8) is 0 Å². The summed E-state index contributed by atoms with van der Waals surface area (Å²) < 4.78 is 5.63. The first-order chi connectivity index (χ1) is 16.2. The minimum Gasteiger partial charge on any atom is -0.381 e. The van der Waals surface area contributed by atoms with Crippen molar-refractivity contribution in [3.05, 3.63) is 59.2 Å². The maximum Gasteiger partial charge on any atom is 0.272 e. The number of aryl methyl sites for hydroxylation is 1. The van der Waals surface area contributed by atoms with Crippen LogP contribution in [0, 0.1) is 12.3 Å². The minimum atomic E-state index is -0.404. The van der Waals surface area contributed by atoms with E-state index in [4.69, 9.17) is 9.72 Å². The van der Waals surface area contributed by atoms with Crippen LogP contribution in [0.2, 0.25) is 0 Å². The number of amides is 2. The second kappa shape index (κ2) is 9.82. The average molecular weight is 465 g/mol. The standard InChI is InChI=1S/C27H36N4O3/c1-20-18-22(23(32)30(3)4)29-24(28-20)26(2)10-14-31(15-11-26)25(33)27(12-16-34-17-13-27)19-21-8-6-5-7-9-21/h5-9,18H,10-17,19H2,1-4H3. The summed E-state index contributed by atoms with van der Waals surface area (Å²) in [6.07, 6.45) is 3.81. The molecule has 0 atom stereocenters. The highest BCUT2D eigenvalue weighted by Gasteiger charge is 2.45. The molecule has 2 aliphatic rings. The Labute approximate surface area is 202 Å². The Morgan fingerprint density at radius 2 is 1.68 bits per heavy atom. The van der Waals surface area contributed by atoms with Gasteiger partial charge in [-0.15, -0.1) is 0 Å². The number of carbonyl (C=O) groups is 2. The van der Waals surface area contributed by atoms with Crippen LogP contribution in [-0.4, -0.2) is 72.0 Å². The maximum atomic E-state index is 13.9. The van der Waals surface area contributed by atoms with Gasteiger partial charge in [-0.25, -0.2) is 9.97 Å². The van der Waals surface area contributed by atoms with Crippen molar-refractivity contribution in [1.29, 1.82) is 0 Å². The minimum absolute atomic E-state index is 0.120. The number of ether oxygens (including phenoxy) is 1. The predicted molar refractivity (Wildman–Crippen MR) is 131 cm³/mol. The summed E-state index contributed by atoms with van der Waals surface area (Å²) in [4.78, 5) is 39.3. The number of carbonyl (C=O) groups excluding carboxylic acids is 2.